The second kappa shape index (κ2) is 8.91. The number of nitro groups is 1. The summed E-state index contributed by atoms with van der Waals surface area (Å²) in [6.45, 7) is 0.673. The van der Waals surface area contributed by atoms with Gasteiger partial charge in [0.15, 0.2) is 0 Å². The molecule has 1 amide bonds. The number of carbonyl (C=O) groups excluding carboxylic acids is 1. The maximum Gasteiger partial charge on any atom is 0.273 e. The molecule has 1 aromatic rings. The van der Waals surface area contributed by atoms with E-state index >= 15 is 0 Å². The molecular formula is C14H21N3O4. The first-order chi connectivity index (χ1) is 10.1. The molecule has 7 heteroatoms. The second-order valence-electron chi connectivity index (χ2n) is 4.64. The first-order valence-electron chi connectivity index (χ1n) is 6.91. The number of carbonyl (C=O) groups is 1. The zero-order valence-corrected chi connectivity index (χ0v) is 12.1. The van der Waals surface area contributed by atoms with Crippen molar-refractivity contribution in [1.29, 1.82) is 0 Å². The van der Waals surface area contributed by atoms with Gasteiger partial charge in [0, 0.05) is 12.5 Å². The largest absolute Gasteiger partial charge is 0.494 e. The number of ether oxygens (including phenoxy) is 1. The predicted molar refractivity (Wildman–Crippen MR) is 80.4 cm³/mol. The van der Waals surface area contributed by atoms with Crippen molar-refractivity contribution < 1.29 is 14.5 Å². The molecule has 0 heterocycles. The summed E-state index contributed by atoms with van der Waals surface area (Å²) >= 11 is 0. The van der Waals surface area contributed by atoms with Crippen molar-refractivity contribution in [3.63, 3.8) is 0 Å². The van der Waals surface area contributed by atoms with Gasteiger partial charge in [-0.05, 0) is 25.5 Å². The van der Waals surface area contributed by atoms with Crippen LogP contribution in [0.2, 0.25) is 0 Å². The summed E-state index contributed by atoms with van der Waals surface area (Å²) in [7, 11) is 1.40. The van der Waals surface area contributed by atoms with E-state index in [9.17, 15) is 14.9 Å². The zero-order valence-electron chi connectivity index (χ0n) is 12.1. The van der Waals surface area contributed by atoms with Crippen LogP contribution in [0.15, 0.2) is 18.2 Å². The van der Waals surface area contributed by atoms with Crippen LogP contribution in [0.1, 0.15) is 32.1 Å². The third-order valence-electron chi connectivity index (χ3n) is 3.03. The molecule has 0 spiro atoms. The van der Waals surface area contributed by atoms with Gasteiger partial charge in [-0.2, -0.15) is 0 Å². The molecule has 0 saturated heterocycles. The van der Waals surface area contributed by atoms with E-state index < -0.39 is 4.92 Å². The molecule has 1 rings (SSSR count). The fourth-order valence-corrected chi connectivity index (χ4v) is 1.89. The molecule has 0 aliphatic carbocycles. The molecule has 0 radical (unpaired) electrons. The van der Waals surface area contributed by atoms with Crippen molar-refractivity contribution in [2.75, 3.05) is 19.0 Å². The second-order valence-corrected chi connectivity index (χ2v) is 4.64. The number of amides is 1. The van der Waals surface area contributed by atoms with Gasteiger partial charge in [0.1, 0.15) is 5.75 Å². The van der Waals surface area contributed by atoms with Crippen LogP contribution >= 0.6 is 0 Å². The standard InChI is InChI=1S/C14H21N3O4/c1-21-13-10-11(17(19)20)7-8-12(13)16-14(18)6-4-2-3-5-9-15/h7-8,10H,2-6,9,15H2,1H3,(H,16,18). The van der Waals surface area contributed by atoms with Crippen LogP contribution in [0.5, 0.6) is 5.75 Å². The van der Waals surface area contributed by atoms with Crippen molar-refractivity contribution in [3.8, 4) is 5.75 Å². The predicted octanol–water partition coefficient (Wildman–Crippen LogP) is 2.45. The molecule has 1 aromatic carbocycles. The van der Waals surface area contributed by atoms with Crippen molar-refractivity contribution >= 4 is 17.3 Å². The van der Waals surface area contributed by atoms with Gasteiger partial charge < -0.3 is 15.8 Å². The third-order valence-corrected chi connectivity index (χ3v) is 3.03. The topological polar surface area (TPSA) is 107 Å². The molecule has 0 aromatic heterocycles. The minimum absolute atomic E-state index is 0.0772. The van der Waals surface area contributed by atoms with Crippen molar-refractivity contribution in [2.24, 2.45) is 5.73 Å². The Hall–Kier alpha value is -2.15. The summed E-state index contributed by atoms with van der Waals surface area (Å²) < 4.78 is 5.06. The third kappa shape index (κ3) is 5.78. The maximum absolute atomic E-state index is 11.8. The molecule has 0 unspecified atom stereocenters. The van der Waals surface area contributed by atoms with Crippen LogP contribution in [0, 0.1) is 10.1 Å². The molecule has 21 heavy (non-hydrogen) atoms. The van der Waals surface area contributed by atoms with E-state index in [1.807, 2.05) is 0 Å². The molecule has 0 atom stereocenters. The summed E-state index contributed by atoms with van der Waals surface area (Å²) in [4.78, 5) is 22.0. The van der Waals surface area contributed by atoms with Crippen LogP contribution in [0.3, 0.4) is 0 Å². The van der Waals surface area contributed by atoms with E-state index in [-0.39, 0.29) is 17.3 Å². The monoisotopic (exact) mass is 295 g/mol. The zero-order chi connectivity index (χ0) is 15.7. The summed E-state index contributed by atoms with van der Waals surface area (Å²) in [5.74, 6) is 0.149. The Kier molecular flexibility index (Phi) is 7.17. The van der Waals surface area contributed by atoms with Crippen molar-refractivity contribution in [2.45, 2.75) is 32.1 Å². The Balaban J connectivity index is 2.53. The minimum atomic E-state index is -0.508. The first kappa shape index (κ1) is 16.9. The van der Waals surface area contributed by atoms with E-state index in [4.69, 9.17) is 10.5 Å². The number of non-ortho nitro benzene ring substituents is 1. The lowest BCUT2D eigenvalue weighted by molar-refractivity contribution is -0.384. The SMILES string of the molecule is COc1cc([N+](=O)[O-])ccc1NC(=O)CCCCCCN. The summed E-state index contributed by atoms with van der Waals surface area (Å²) in [6.07, 6.45) is 4.15. The number of rotatable bonds is 9. The summed E-state index contributed by atoms with van der Waals surface area (Å²) in [5.41, 5.74) is 5.76. The molecule has 0 aliphatic rings. The number of unbranched alkanes of at least 4 members (excludes halogenated alkanes) is 3. The van der Waals surface area contributed by atoms with Crippen LogP contribution < -0.4 is 15.8 Å². The number of methoxy groups -OCH3 is 1. The van der Waals surface area contributed by atoms with Crippen molar-refractivity contribution in [1.82, 2.24) is 0 Å². The van der Waals surface area contributed by atoms with Gasteiger partial charge in [0.25, 0.3) is 5.69 Å². The fourth-order valence-electron chi connectivity index (χ4n) is 1.89. The lowest BCUT2D eigenvalue weighted by atomic mass is 10.1. The highest BCUT2D eigenvalue weighted by Gasteiger charge is 2.13. The van der Waals surface area contributed by atoms with E-state index in [2.05, 4.69) is 5.32 Å². The van der Waals surface area contributed by atoms with E-state index in [1.165, 1.54) is 25.3 Å². The molecule has 116 valence electrons. The molecule has 0 fully saturated rings. The fraction of sp³-hybridized carbons (Fsp3) is 0.500. The van der Waals surface area contributed by atoms with Gasteiger partial charge in [-0.3, -0.25) is 14.9 Å². The smallest absolute Gasteiger partial charge is 0.273 e. The molecule has 0 bridgehead atoms. The van der Waals surface area contributed by atoms with E-state index in [0.29, 0.717) is 18.7 Å². The maximum atomic E-state index is 11.8. The summed E-state index contributed by atoms with van der Waals surface area (Å²) in [5, 5.41) is 13.4. The van der Waals surface area contributed by atoms with Gasteiger partial charge >= 0.3 is 0 Å². The Morgan fingerprint density at radius 2 is 2.05 bits per heavy atom. The minimum Gasteiger partial charge on any atom is -0.494 e. The Labute approximate surface area is 123 Å². The van der Waals surface area contributed by atoms with E-state index in [1.54, 1.807) is 0 Å². The normalized spacial score (nSPS) is 10.2. The first-order valence-corrected chi connectivity index (χ1v) is 6.91. The number of nitrogens with zero attached hydrogens (tertiary/aromatic N) is 1. The van der Waals surface area contributed by atoms with E-state index in [0.717, 1.165) is 25.7 Å². The molecule has 0 aliphatic heterocycles. The number of nitrogens with two attached hydrogens (primary N) is 1. The Bertz CT molecular complexity index is 491. The lowest BCUT2D eigenvalue weighted by Crippen LogP contribution is -2.12. The number of nitro benzene ring substituents is 1. The van der Waals surface area contributed by atoms with Gasteiger partial charge in [-0.15, -0.1) is 0 Å². The van der Waals surface area contributed by atoms with Crippen LogP contribution in [-0.2, 0) is 4.79 Å². The molecular weight excluding hydrogens is 274 g/mol. The molecule has 7 nitrogen and oxygen atoms in total. The van der Waals surface area contributed by atoms with Gasteiger partial charge in [-0.1, -0.05) is 12.8 Å². The van der Waals surface area contributed by atoms with Gasteiger partial charge in [0.05, 0.1) is 23.8 Å². The Morgan fingerprint density at radius 3 is 2.67 bits per heavy atom. The average Bonchev–Trinajstić information content (AvgIpc) is 2.47. The Morgan fingerprint density at radius 1 is 1.33 bits per heavy atom. The highest BCUT2D eigenvalue weighted by molar-refractivity contribution is 5.92. The number of hydrogen-bond donors (Lipinski definition) is 2. The number of hydrogen-bond acceptors (Lipinski definition) is 5. The van der Waals surface area contributed by atoms with Crippen LogP contribution in [0.4, 0.5) is 11.4 Å². The summed E-state index contributed by atoms with van der Waals surface area (Å²) in [6, 6.07) is 4.10. The number of benzene rings is 1. The molecule has 0 saturated carbocycles. The molecule has 3 N–H and O–H groups in total. The average molecular weight is 295 g/mol. The van der Waals surface area contributed by atoms with Crippen LogP contribution in [-0.4, -0.2) is 24.5 Å². The van der Waals surface area contributed by atoms with Gasteiger partial charge in [0.2, 0.25) is 5.91 Å². The number of anilines is 1. The lowest BCUT2D eigenvalue weighted by Gasteiger charge is -2.09. The highest BCUT2D eigenvalue weighted by atomic mass is 16.6. The quantitative estimate of drug-likeness (QED) is 0.413. The highest BCUT2D eigenvalue weighted by Crippen LogP contribution is 2.29. The van der Waals surface area contributed by atoms with Crippen LogP contribution in [0.25, 0.3) is 0 Å². The van der Waals surface area contributed by atoms with Gasteiger partial charge in [-0.25, -0.2) is 0 Å². The number of nitrogens with one attached hydrogen (secondary N) is 1. The van der Waals surface area contributed by atoms with Crippen molar-refractivity contribution in [3.05, 3.63) is 28.3 Å².